The minimum absolute atomic E-state index is 0.306. The van der Waals surface area contributed by atoms with E-state index >= 15 is 0 Å². The standard InChI is InChI=1S/C8H18.C2H5NO5S2/c1-3-5-7-8-6-4-2;1-2(4)3(9(5)6)10(7)8/h3-8H2,1-2H3;1H3,(H,5,6)(H,7,8)/p-2. The maximum atomic E-state index is 10.2. The number of carbonyl (C=O) groups excluding carboxylic acids is 1. The lowest BCUT2D eigenvalue weighted by molar-refractivity contribution is -0.121. The number of hydrogen-bond donors (Lipinski definition) is 0. The predicted molar refractivity (Wildman–Crippen MR) is 69.4 cm³/mol. The molecule has 2 atom stereocenters. The third kappa shape index (κ3) is 12.2. The number of rotatable bonds is 7. The van der Waals surface area contributed by atoms with Crippen molar-refractivity contribution in [1.82, 2.24) is 3.71 Å². The summed E-state index contributed by atoms with van der Waals surface area (Å²) in [5.41, 5.74) is 0. The van der Waals surface area contributed by atoms with Crippen LogP contribution in [-0.4, -0.2) is 27.1 Å². The summed E-state index contributed by atoms with van der Waals surface area (Å²) >= 11 is -6.08. The first-order valence-corrected chi connectivity index (χ1v) is 7.94. The smallest absolute Gasteiger partial charge is 0.241 e. The van der Waals surface area contributed by atoms with E-state index in [9.17, 15) is 22.3 Å². The van der Waals surface area contributed by atoms with Gasteiger partial charge in [-0.25, -0.2) is 0 Å². The molecular weight excluding hydrogens is 278 g/mol. The Kier molecular flexibility index (Phi) is 14.6. The van der Waals surface area contributed by atoms with Crippen LogP contribution in [0.25, 0.3) is 0 Å². The SMILES string of the molecule is CC(=O)N(S(=O)[O-])S(=O)[O-].CCCCCCCC. The van der Waals surface area contributed by atoms with Gasteiger partial charge in [-0.3, -0.25) is 13.2 Å². The first kappa shape index (κ1) is 20.0. The van der Waals surface area contributed by atoms with Gasteiger partial charge in [0.2, 0.25) is 5.91 Å². The summed E-state index contributed by atoms with van der Waals surface area (Å²) in [7, 11) is 0. The van der Waals surface area contributed by atoms with Crippen LogP contribution in [0.3, 0.4) is 0 Å². The molecule has 0 saturated carbocycles. The number of amides is 1. The van der Waals surface area contributed by atoms with Gasteiger partial charge in [-0.15, -0.1) is 0 Å². The zero-order chi connectivity index (χ0) is 14.6. The molecular formula is C10H21NO5S2-2. The van der Waals surface area contributed by atoms with Crippen molar-refractivity contribution in [3.05, 3.63) is 0 Å². The van der Waals surface area contributed by atoms with Crippen molar-refractivity contribution in [2.24, 2.45) is 0 Å². The Labute approximate surface area is 114 Å². The van der Waals surface area contributed by atoms with Crippen molar-refractivity contribution >= 4 is 28.4 Å². The molecule has 8 heteroatoms. The lowest BCUT2D eigenvalue weighted by atomic mass is 10.1. The molecule has 0 aliphatic carbocycles. The van der Waals surface area contributed by atoms with Gasteiger partial charge in [-0.1, -0.05) is 52.4 Å². The molecule has 0 bridgehead atoms. The predicted octanol–water partition coefficient (Wildman–Crippen LogP) is 1.79. The van der Waals surface area contributed by atoms with Crippen molar-refractivity contribution in [2.45, 2.75) is 59.3 Å². The zero-order valence-electron chi connectivity index (χ0n) is 11.0. The first-order chi connectivity index (χ1) is 8.38. The lowest BCUT2D eigenvalue weighted by Crippen LogP contribution is -2.32. The van der Waals surface area contributed by atoms with Crippen LogP contribution in [0.15, 0.2) is 0 Å². The molecule has 0 saturated heterocycles. The maximum Gasteiger partial charge on any atom is 0.241 e. The molecule has 2 unspecified atom stereocenters. The van der Waals surface area contributed by atoms with Crippen molar-refractivity contribution in [3.8, 4) is 0 Å². The van der Waals surface area contributed by atoms with E-state index in [1.807, 2.05) is 0 Å². The fourth-order valence-corrected chi connectivity index (χ4v) is 1.93. The Balaban J connectivity index is 0. The molecule has 6 nitrogen and oxygen atoms in total. The maximum absolute atomic E-state index is 10.2. The summed E-state index contributed by atoms with van der Waals surface area (Å²) in [4.78, 5) is 10.2. The second kappa shape index (κ2) is 13.1. The highest BCUT2D eigenvalue weighted by molar-refractivity contribution is 7.93. The molecule has 0 aromatic carbocycles. The summed E-state index contributed by atoms with van der Waals surface area (Å²) in [6.07, 6.45) is 8.49. The van der Waals surface area contributed by atoms with Crippen molar-refractivity contribution in [3.63, 3.8) is 0 Å². The highest BCUT2D eigenvalue weighted by Crippen LogP contribution is 2.03. The molecule has 0 aliphatic heterocycles. The van der Waals surface area contributed by atoms with Crippen LogP contribution in [0.2, 0.25) is 0 Å². The van der Waals surface area contributed by atoms with Crippen molar-refractivity contribution in [2.75, 3.05) is 0 Å². The van der Waals surface area contributed by atoms with Crippen LogP contribution in [0.1, 0.15) is 59.3 Å². The Morgan fingerprint density at radius 3 is 1.39 bits per heavy atom. The van der Waals surface area contributed by atoms with Crippen molar-refractivity contribution in [1.29, 1.82) is 0 Å². The van der Waals surface area contributed by atoms with E-state index in [1.165, 1.54) is 38.5 Å². The summed E-state index contributed by atoms with van der Waals surface area (Å²) in [6.45, 7) is 5.34. The van der Waals surface area contributed by atoms with Gasteiger partial charge in [0.1, 0.15) is 0 Å². The molecule has 0 aliphatic rings. The normalized spacial score (nSPS) is 13.2. The van der Waals surface area contributed by atoms with Crippen LogP contribution in [0, 0.1) is 0 Å². The first-order valence-electron chi connectivity index (χ1n) is 5.87. The van der Waals surface area contributed by atoms with E-state index in [1.54, 1.807) is 0 Å². The van der Waals surface area contributed by atoms with E-state index in [0.29, 0.717) is 0 Å². The van der Waals surface area contributed by atoms with Crippen LogP contribution < -0.4 is 0 Å². The molecule has 0 rings (SSSR count). The molecule has 0 fully saturated rings. The highest BCUT2D eigenvalue weighted by atomic mass is 32.3. The average Bonchev–Trinajstić information content (AvgIpc) is 2.23. The molecule has 18 heavy (non-hydrogen) atoms. The fourth-order valence-electron chi connectivity index (χ4n) is 1.11. The monoisotopic (exact) mass is 299 g/mol. The van der Waals surface area contributed by atoms with Crippen molar-refractivity contribution < 1.29 is 22.3 Å². The van der Waals surface area contributed by atoms with Gasteiger partial charge in [-0.2, -0.15) is 3.71 Å². The van der Waals surface area contributed by atoms with E-state index < -0.39 is 28.4 Å². The van der Waals surface area contributed by atoms with Gasteiger partial charge in [0.05, 0.1) is 22.5 Å². The topological polar surface area (TPSA) is 101 Å². The number of carbonyl (C=O) groups is 1. The van der Waals surface area contributed by atoms with Gasteiger partial charge in [0.25, 0.3) is 0 Å². The Morgan fingerprint density at radius 2 is 1.28 bits per heavy atom. The molecule has 0 aromatic heterocycles. The molecule has 0 heterocycles. The van der Waals surface area contributed by atoms with E-state index in [0.717, 1.165) is 6.92 Å². The van der Waals surface area contributed by atoms with Crippen LogP contribution in [0.4, 0.5) is 0 Å². The van der Waals surface area contributed by atoms with Crippen LogP contribution >= 0.6 is 0 Å². The zero-order valence-corrected chi connectivity index (χ0v) is 12.7. The lowest BCUT2D eigenvalue weighted by Gasteiger charge is -2.23. The molecule has 0 N–H and O–H groups in total. The second-order valence-corrected chi connectivity index (χ2v) is 5.45. The fraction of sp³-hybridized carbons (Fsp3) is 0.900. The average molecular weight is 299 g/mol. The highest BCUT2D eigenvalue weighted by Gasteiger charge is 2.08. The molecule has 110 valence electrons. The summed E-state index contributed by atoms with van der Waals surface area (Å²) < 4.78 is 39.3. The van der Waals surface area contributed by atoms with E-state index in [4.69, 9.17) is 0 Å². The minimum Gasteiger partial charge on any atom is -0.754 e. The Morgan fingerprint density at radius 1 is 0.944 bits per heavy atom. The number of nitrogens with zero attached hydrogens (tertiary/aromatic N) is 1. The van der Waals surface area contributed by atoms with Gasteiger partial charge in [0.15, 0.2) is 0 Å². The minimum atomic E-state index is -3.04. The van der Waals surface area contributed by atoms with E-state index in [2.05, 4.69) is 13.8 Å². The Hall–Kier alpha value is -0.310. The summed E-state index contributed by atoms with van der Waals surface area (Å²) in [6, 6.07) is 0. The third-order valence-corrected chi connectivity index (χ3v) is 3.77. The van der Waals surface area contributed by atoms with Crippen LogP contribution in [0.5, 0.6) is 0 Å². The number of hydrogen-bond acceptors (Lipinski definition) is 5. The quantitative estimate of drug-likeness (QED) is 0.527. The molecule has 1 amide bonds. The van der Waals surface area contributed by atoms with Gasteiger partial charge >= 0.3 is 0 Å². The summed E-state index contributed by atoms with van der Waals surface area (Å²) in [5.74, 6) is -1.07. The molecule has 0 aromatic rings. The van der Waals surface area contributed by atoms with Gasteiger partial charge in [-0.05, 0) is 0 Å². The molecule has 0 spiro atoms. The van der Waals surface area contributed by atoms with Gasteiger partial charge in [0, 0.05) is 6.92 Å². The summed E-state index contributed by atoms with van der Waals surface area (Å²) in [5, 5.41) is 0. The Bertz CT molecular complexity index is 234. The third-order valence-electron chi connectivity index (χ3n) is 1.99. The largest absolute Gasteiger partial charge is 0.754 e. The van der Waals surface area contributed by atoms with E-state index in [-0.39, 0.29) is 3.71 Å². The second-order valence-electron chi connectivity index (χ2n) is 3.62. The molecule has 0 radical (unpaired) electrons. The van der Waals surface area contributed by atoms with Gasteiger partial charge < -0.3 is 9.11 Å². The van der Waals surface area contributed by atoms with Crippen LogP contribution in [-0.2, 0) is 27.3 Å². The number of unbranched alkanes of at least 4 members (excludes halogenated alkanes) is 5.